The molecular weight excluding hydrogens is 236 g/mol. The summed E-state index contributed by atoms with van der Waals surface area (Å²) in [5, 5.41) is 14.5. The molecule has 0 saturated carbocycles. The Morgan fingerprint density at radius 2 is 2.11 bits per heavy atom. The highest BCUT2D eigenvalue weighted by Crippen LogP contribution is 2.14. The molecular formula is C12H10N2O4. The molecule has 6 heteroatoms. The van der Waals surface area contributed by atoms with Crippen LogP contribution in [0.3, 0.4) is 0 Å². The lowest BCUT2D eigenvalue weighted by Gasteiger charge is -2.02. The standard InChI is InChI=1S/C12H10N2O4/c1-7-3-2-4-8(5-7)18-12(17)10-6-9(11(15)16)13-14-10/h2-6H,1H3,(H,13,14)(H,15,16). The van der Waals surface area contributed by atoms with E-state index < -0.39 is 11.9 Å². The van der Waals surface area contributed by atoms with Crippen LogP contribution in [0.2, 0.25) is 0 Å². The van der Waals surface area contributed by atoms with Crippen LogP contribution in [0.15, 0.2) is 30.3 Å². The van der Waals surface area contributed by atoms with Crippen molar-refractivity contribution in [3.8, 4) is 5.75 Å². The van der Waals surface area contributed by atoms with Gasteiger partial charge in [-0.3, -0.25) is 5.10 Å². The fourth-order valence-electron chi connectivity index (χ4n) is 1.38. The van der Waals surface area contributed by atoms with Crippen molar-refractivity contribution in [2.24, 2.45) is 0 Å². The molecule has 6 nitrogen and oxygen atoms in total. The van der Waals surface area contributed by atoms with Crippen LogP contribution in [-0.4, -0.2) is 27.2 Å². The van der Waals surface area contributed by atoms with E-state index in [4.69, 9.17) is 9.84 Å². The highest BCUT2D eigenvalue weighted by Gasteiger charge is 2.15. The number of aromatic nitrogens is 2. The Balaban J connectivity index is 2.14. The van der Waals surface area contributed by atoms with Crippen LogP contribution < -0.4 is 4.74 Å². The van der Waals surface area contributed by atoms with Gasteiger partial charge in [-0.15, -0.1) is 0 Å². The molecule has 2 rings (SSSR count). The molecule has 1 aromatic heterocycles. The third kappa shape index (κ3) is 2.54. The number of aromatic amines is 1. The molecule has 0 spiro atoms. The smallest absolute Gasteiger partial charge is 0.361 e. The number of carboxylic acids is 1. The Labute approximate surface area is 102 Å². The van der Waals surface area contributed by atoms with Crippen LogP contribution in [0.4, 0.5) is 0 Å². The van der Waals surface area contributed by atoms with Gasteiger partial charge in [0.25, 0.3) is 0 Å². The summed E-state index contributed by atoms with van der Waals surface area (Å²) in [6.45, 7) is 1.87. The molecule has 1 aromatic carbocycles. The maximum Gasteiger partial charge on any atom is 0.361 e. The minimum absolute atomic E-state index is 0.00564. The van der Waals surface area contributed by atoms with Crippen molar-refractivity contribution < 1.29 is 19.4 Å². The SMILES string of the molecule is Cc1cccc(OC(=O)c2cc(C(=O)O)n[nH]2)c1. The zero-order valence-corrected chi connectivity index (χ0v) is 9.51. The molecule has 0 atom stereocenters. The van der Waals surface area contributed by atoms with E-state index in [2.05, 4.69) is 10.2 Å². The summed E-state index contributed by atoms with van der Waals surface area (Å²) < 4.78 is 5.07. The van der Waals surface area contributed by atoms with E-state index in [0.29, 0.717) is 5.75 Å². The number of carbonyl (C=O) groups is 2. The van der Waals surface area contributed by atoms with Crippen molar-refractivity contribution in [3.05, 3.63) is 47.3 Å². The minimum atomic E-state index is -1.21. The van der Waals surface area contributed by atoms with E-state index in [1.165, 1.54) is 0 Å². The summed E-state index contributed by atoms with van der Waals surface area (Å²) in [6, 6.07) is 8.09. The molecule has 0 unspecified atom stereocenters. The van der Waals surface area contributed by atoms with Crippen LogP contribution in [0.1, 0.15) is 26.5 Å². The topological polar surface area (TPSA) is 92.3 Å². The average molecular weight is 246 g/mol. The second-order valence-electron chi connectivity index (χ2n) is 3.68. The second-order valence-corrected chi connectivity index (χ2v) is 3.68. The van der Waals surface area contributed by atoms with Gasteiger partial charge in [0.05, 0.1) is 0 Å². The lowest BCUT2D eigenvalue weighted by Crippen LogP contribution is -2.09. The number of rotatable bonds is 3. The van der Waals surface area contributed by atoms with Crippen LogP contribution >= 0.6 is 0 Å². The van der Waals surface area contributed by atoms with Crippen molar-refractivity contribution in [2.75, 3.05) is 0 Å². The third-order valence-electron chi connectivity index (χ3n) is 2.22. The summed E-state index contributed by atoms with van der Waals surface area (Å²) in [5.41, 5.74) is 0.719. The number of benzene rings is 1. The molecule has 92 valence electrons. The van der Waals surface area contributed by atoms with E-state index in [9.17, 15) is 9.59 Å². The van der Waals surface area contributed by atoms with Crippen molar-refractivity contribution >= 4 is 11.9 Å². The molecule has 0 bridgehead atoms. The number of nitrogens with zero attached hydrogens (tertiary/aromatic N) is 1. The number of nitrogens with one attached hydrogen (secondary N) is 1. The van der Waals surface area contributed by atoms with Gasteiger partial charge in [-0.1, -0.05) is 12.1 Å². The Morgan fingerprint density at radius 1 is 1.33 bits per heavy atom. The average Bonchev–Trinajstić information content (AvgIpc) is 2.78. The number of aromatic carboxylic acids is 1. The normalized spacial score (nSPS) is 10.1. The van der Waals surface area contributed by atoms with Gasteiger partial charge in [-0.25, -0.2) is 9.59 Å². The molecule has 1 heterocycles. The van der Waals surface area contributed by atoms with Crippen LogP contribution in [0, 0.1) is 6.92 Å². The molecule has 18 heavy (non-hydrogen) atoms. The number of hydrogen-bond acceptors (Lipinski definition) is 4. The van der Waals surface area contributed by atoms with Crippen molar-refractivity contribution in [1.29, 1.82) is 0 Å². The fraction of sp³-hybridized carbons (Fsp3) is 0.0833. The molecule has 0 fully saturated rings. The molecule has 2 N–H and O–H groups in total. The van der Waals surface area contributed by atoms with E-state index in [-0.39, 0.29) is 11.4 Å². The van der Waals surface area contributed by atoms with Gasteiger partial charge in [0.1, 0.15) is 11.4 Å². The number of esters is 1. The van der Waals surface area contributed by atoms with Gasteiger partial charge in [0.15, 0.2) is 5.69 Å². The number of hydrogen-bond donors (Lipinski definition) is 2. The molecule has 0 radical (unpaired) electrons. The van der Waals surface area contributed by atoms with Crippen molar-refractivity contribution in [3.63, 3.8) is 0 Å². The van der Waals surface area contributed by atoms with Gasteiger partial charge in [-0.05, 0) is 24.6 Å². The molecule has 0 aliphatic heterocycles. The van der Waals surface area contributed by atoms with Gasteiger partial charge in [0, 0.05) is 6.07 Å². The number of H-pyrrole nitrogens is 1. The monoisotopic (exact) mass is 246 g/mol. The molecule has 0 amide bonds. The van der Waals surface area contributed by atoms with E-state index >= 15 is 0 Å². The lowest BCUT2D eigenvalue weighted by atomic mass is 10.2. The third-order valence-corrected chi connectivity index (χ3v) is 2.22. The van der Waals surface area contributed by atoms with Gasteiger partial charge in [0.2, 0.25) is 0 Å². The zero-order valence-electron chi connectivity index (χ0n) is 9.51. The summed E-state index contributed by atoms with van der Waals surface area (Å²) in [7, 11) is 0. The van der Waals surface area contributed by atoms with Crippen LogP contribution in [-0.2, 0) is 0 Å². The summed E-state index contributed by atoms with van der Waals surface area (Å²) in [5.74, 6) is -1.49. The maximum absolute atomic E-state index is 11.7. The molecule has 0 saturated heterocycles. The molecule has 0 aliphatic rings. The first-order valence-electron chi connectivity index (χ1n) is 5.14. The maximum atomic E-state index is 11.7. The first-order chi connectivity index (χ1) is 8.56. The quantitative estimate of drug-likeness (QED) is 0.634. The summed E-state index contributed by atoms with van der Waals surface area (Å²) in [6.07, 6.45) is 0. The minimum Gasteiger partial charge on any atom is -0.476 e. The highest BCUT2D eigenvalue weighted by molar-refractivity contribution is 5.93. The second kappa shape index (κ2) is 4.70. The van der Waals surface area contributed by atoms with Crippen molar-refractivity contribution in [2.45, 2.75) is 6.92 Å². The summed E-state index contributed by atoms with van der Waals surface area (Å²) in [4.78, 5) is 22.3. The Hall–Kier alpha value is -2.63. The van der Waals surface area contributed by atoms with E-state index in [0.717, 1.165) is 11.6 Å². The largest absolute Gasteiger partial charge is 0.476 e. The lowest BCUT2D eigenvalue weighted by molar-refractivity contribution is 0.0689. The number of carboxylic acid groups (broad SMARTS) is 1. The first kappa shape index (κ1) is 11.8. The number of carbonyl (C=O) groups excluding carboxylic acids is 1. The van der Waals surface area contributed by atoms with Gasteiger partial charge in [-0.2, -0.15) is 5.10 Å². The van der Waals surface area contributed by atoms with Crippen LogP contribution in [0.5, 0.6) is 5.75 Å². The van der Waals surface area contributed by atoms with E-state index in [1.807, 2.05) is 13.0 Å². The fourth-order valence-corrected chi connectivity index (χ4v) is 1.38. The highest BCUT2D eigenvalue weighted by atomic mass is 16.5. The molecule has 2 aromatic rings. The zero-order chi connectivity index (χ0) is 13.1. The number of aryl methyl sites for hydroxylation is 1. The Kier molecular flexibility index (Phi) is 3.09. The Bertz CT molecular complexity index is 604. The number of ether oxygens (including phenoxy) is 1. The molecule has 0 aliphatic carbocycles. The summed E-state index contributed by atoms with van der Waals surface area (Å²) >= 11 is 0. The Morgan fingerprint density at radius 3 is 2.72 bits per heavy atom. The first-order valence-corrected chi connectivity index (χ1v) is 5.14. The predicted octanol–water partition coefficient (Wildman–Crippen LogP) is 1.64. The van der Waals surface area contributed by atoms with Crippen LogP contribution in [0.25, 0.3) is 0 Å². The van der Waals surface area contributed by atoms with Gasteiger partial charge < -0.3 is 9.84 Å². The predicted molar refractivity (Wildman–Crippen MR) is 61.7 cm³/mol. The van der Waals surface area contributed by atoms with Gasteiger partial charge >= 0.3 is 11.9 Å². The van der Waals surface area contributed by atoms with E-state index in [1.54, 1.807) is 18.2 Å². The van der Waals surface area contributed by atoms with Crippen molar-refractivity contribution in [1.82, 2.24) is 10.2 Å².